The van der Waals surface area contributed by atoms with Gasteiger partial charge < -0.3 is 10.1 Å². The second kappa shape index (κ2) is 9.94. The zero-order valence-electron chi connectivity index (χ0n) is 20.7. The van der Waals surface area contributed by atoms with Gasteiger partial charge in [-0.1, -0.05) is 31.5 Å². The van der Waals surface area contributed by atoms with Gasteiger partial charge in [0, 0.05) is 0 Å². The Bertz CT molecular complexity index is 1080. The number of rotatable bonds is 8. The zero-order valence-corrected chi connectivity index (χ0v) is 21.5. The number of anilines is 1. The first-order valence-corrected chi connectivity index (χ1v) is 12.6. The molecule has 0 saturated heterocycles. The first kappa shape index (κ1) is 25.7. The van der Waals surface area contributed by atoms with Crippen molar-refractivity contribution in [3.63, 3.8) is 0 Å². The molecule has 0 saturated carbocycles. The van der Waals surface area contributed by atoms with Crippen molar-refractivity contribution in [3.05, 3.63) is 57.6 Å². The summed E-state index contributed by atoms with van der Waals surface area (Å²) in [5.41, 5.74) is 6.30. The number of nitrogens with zero attached hydrogens (tertiary/aromatic N) is 1. The molecule has 0 aliphatic heterocycles. The van der Waals surface area contributed by atoms with E-state index in [-0.39, 0.29) is 24.4 Å². The molecule has 0 bridgehead atoms. The molecule has 0 spiro atoms. The molecule has 176 valence electrons. The monoisotopic (exact) mass is 460 g/mol. The summed E-state index contributed by atoms with van der Waals surface area (Å²) < 4.78 is 31.9. The summed E-state index contributed by atoms with van der Waals surface area (Å²) in [4.78, 5) is 13.0. The summed E-state index contributed by atoms with van der Waals surface area (Å²) >= 11 is 0. The van der Waals surface area contributed by atoms with Crippen molar-refractivity contribution in [2.24, 2.45) is 0 Å². The van der Waals surface area contributed by atoms with Crippen molar-refractivity contribution in [3.8, 4) is 5.75 Å². The summed E-state index contributed by atoms with van der Waals surface area (Å²) in [5.74, 6) is 0.734. The third-order valence-electron chi connectivity index (χ3n) is 5.66. The summed E-state index contributed by atoms with van der Waals surface area (Å²) in [6.45, 7) is 13.5. The van der Waals surface area contributed by atoms with Crippen molar-refractivity contribution in [2.45, 2.75) is 60.4 Å². The van der Waals surface area contributed by atoms with Gasteiger partial charge in [0.15, 0.2) is 0 Å². The minimum Gasteiger partial charge on any atom is -0.496 e. The fourth-order valence-corrected chi connectivity index (χ4v) is 5.20. The lowest BCUT2D eigenvalue weighted by Crippen LogP contribution is -2.41. The molecule has 7 heteroatoms. The molecular formula is C25H36N2O4S. The summed E-state index contributed by atoms with van der Waals surface area (Å²) in [5, 5.41) is 2.98. The topological polar surface area (TPSA) is 75.7 Å². The van der Waals surface area contributed by atoms with Gasteiger partial charge in [-0.2, -0.15) is 0 Å². The molecule has 1 atom stereocenters. The highest BCUT2D eigenvalue weighted by Gasteiger charge is 2.25. The number of hydrogen-bond donors (Lipinski definition) is 1. The van der Waals surface area contributed by atoms with Crippen molar-refractivity contribution in [2.75, 3.05) is 24.2 Å². The minimum absolute atomic E-state index is 0.264. The Labute approximate surface area is 193 Å². The van der Waals surface area contributed by atoms with Crippen LogP contribution in [0.4, 0.5) is 5.69 Å². The maximum Gasteiger partial charge on any atom is 0.241 e. The van der Waals surface area contributed by atoms with Gasteiger partial charge in [0.25, 0.3) is 0 Å². The van der Waals surface area contributed by atoms with Crippen LogP contribution in [0.15, 0.2) is 24.3 Å². The molecular weight excluding hydrogens is 424 g/mol. The number of benzene rings is 2. The number of sulfonamides is 1. The average Bonchev–Trinajstić information content (AvgIpc) is 2.64. The molecule has 32 heavy (non-hydrogen) atoms. The molecule has 2 aromatic carbocycles. The Kier molecular flexibility index (Phi) is 7.99. The third kappa shape index (κ3) is 5.82. The maximum atomic E-state index is 13.0. The molecule has 1 N–H and O–H groups in total. The van der Waals surface area contributed by atoms with Crippen molar-refractivity contribution < 1.29 is 17.9 Å². The summed E-state index contributed by atoms with van der Waals surface area (Å²) in [7, 11) is -2.00. The van der Waals surface area contributed by atoms with E-state index in [2.05, 4.69) is 25.2 Å². The highest BCUT2D eigenvalue weighted by atomic mass is 32.2. The molecule has 1 amide bonds. The van der Waals surface area contributed by atoms with E-state index in [0.29, 0.717) is 5.69 Å². The highest BCUT2D eigenvalue weighted by Crippen LogP contribution is 2.32. The Morgan fingerprint density at radius 3 is 2.00 bits per heavy atom. The standard InChI is InChI=1S/C25H36N2O4S/c1-15(2)21-13-22(17(4)12-23(21)31-8)20(7)26-24(28)14-27(32(9,29)30)25-18(5)10-16(3)11-19(25)6/h10-13,15,20H,14H2,1-9H3,(H,26,28). The van der Waals surface area contributed by atoms with Crippen LogP contribution in [-0.4, -0.2) is 34.2 Å². The quantitative estimate of drug-likeness (QED) is 0.620. The van der Waals surface area contributed by atoms with Crippen molar-refractivity contribution in [1.82, 2.24) is 5.32 Å². The molecule has 2 aromatic rings. The van der Waals surface area contributed by atoms with E-state index in [1.807, 2.05) is 52.8 Å². The van der Waals surface area contributed by atoms with Crippen LogP contribution in [0.25, 0.3) is 0 Å². The Morgan fingerprint density at radius 2 is 1.53 bits per heavy atom. The van der Waals surface area contributed by atoms with Crippen LogP contribution >= 0.6 is 0 Å². The van der Waals surface area contributed by atoms with Gasteiger partial charge in [0.05, 0.1) is 25.1 Å². The molecule has 0 aliphatic carbocycles. The fraction of sp³-hybridized carbons (Fsp3) is 0.480. The number of nitrogens with one attached hydrogen (secondary N) is 1. The van der Waals surface area contributed by atoms with Gasteiger partial charge in [0.2, 0.25) is 15.9 Å². The van der Waals surface area contributed by atoms with Gasteiger partial charge in [-0.05, 0) is 80.5 Å². The smallest absolute Gasteiger partial charge is 0.241 e. The van der Waals surface area contributed by atoms with E-state index in [1.54, 1.807) is 7.11 Å². The molecule has 0 radical (unpaired) electrons. The van der Waals surface area contributed by atoms with Crippen molar-refractivity contribution in [1.29, 1.82) is 0 Å². The molecule has 0 heterocycles. The molecule has 0 fully saturated rings. The predicted octanol–water partition coefficient (Wildman–Crippen LogP) is 4.70. The van der Waals surface area contributed by atoms with Crippen LogP contribution < -0.4 is 14.4 Å². The number of hydrogen-bond acceptors (Lipinski definition) is 4. The Balaban J connectivity index is 2.33. The summed E-state index contributed by atoms with van der Waals surface area (Å²) in [6.07, 6.45) is 1.13. The molecule has 0 aliphatic rings. The predicted molar refractivity (Wildman–Crippen MR) is 131 cm³/mol. The van der Waals surface area contributed by atoms with Crippen LogP contribution in [0.2, 0.25) is 0 Å². The number of methoxy groups -OCH3 is 1. The number of aryl methyl sites for hydroxylation is 4. The second-order valence-electron chi connectivity index (χ2n) is 8.91. The van der Waals surface area contributed by atoms with E-state index >= 15 is 0 Å². The lowest BCUT2D eigenvalue weighted by Gasteiger charge is -2.27. The van der Waals surface area contributed by atoms with Crippen molar-refractivity contribution >= 4 is 21.6 Å². The van der Waals surface area contributed by atoms with Gasteiger partial charge in [0.1, 0.15) is 12.3 Å². The first-order valence-electron chi connectivity index (χ1n) is 10.8. The molecule has 0 aromatic heterocycles. The number of carbonyl (C=O) groups is 1. The minimum atomic E-state index is -3.65. The van der Waals surface area contributed by atoms with Crippen LogP contribution in [-0.2, 0) is 14.8 Å². The normalized spacial score (nSPS) is 12.6. The van der Waals surface area contributed by atoms with E-state index in [9.17, 15) is 13.2 Å². The number of ether oxygens (including phenoxy) is 1. The summed E-state index contributed by atoms with van der Waals surface area (Å²) in [6, 6.07) is 7.61. The molecule has 2 rings (SSSR count). The van der Waals surface area contributed by atoms with Crippen LogP contribution in [0.3, 0.4) is 0 Å². The van der Waals surface area contributed by atoms with Gasteiger partial charge >= 0.3 is 0 Å². The third-order valence-corrected chi connectivity index (χ3v) is 6.77. The Morgan fingerprint density at radius 1 is 0.969 bits per heavy atom. The number of carbonyl (C=O) groups excluding carboxylic acids is 1. The van der Waals surface area contributed by atoms with E-state index in [4.69, 9.17) is 4.74 Å². The lowest BCUT2D eigenvalue weighted by molar-refractivity contribution is -0.120. The molecule has 6 nitrogen and oxygen atoms in total. The van der Waals surface area contributed by atoms with E-state index in [0.717, 1.165) is 45.4 Å². The number of amides is 1. The Hall–Kier alpha value is -2.54. The largest absolute Gasteiger partial charge is 0.496 e. The lowest BCUT2D eigenvalue weighted by atomic mass is 9.93. The second-order valence-corrected chi connectivity index (χ2v) is 10.8. The first-order chi connectivity index (χ1) is 14.8. The van der Waals surface area contributed by atoms with Gasteiger partial charge in [-0.25, -0.2) is 8.42 Å². The highest BCUT2D eigenvalue weighted by molar-refractivity contribution is 7.92. The molecule has 1 unspecified atom stereocenters. The maximum absolute atomic E-state index is 13.0. The van der Waals surface area contributed by atoms with Crippen LogP contribution in [0.5, 0.6) is 5.75 Å². The van der Waals surface area contributed by atoms with E-state index in [1.165, 1.54) is 4.31 Å². The van der Waals surface area contributed by atoms with E-state index < -0.39 is 10.0 Å². The van der Waals surface area contributed by atoms with Gasteiger partial charge in [-0.3, -0.25) is 9.10 Å². The fourth-order valence-electron chi connectivity index (χ4n) is 4.23. The SMILES string of the molecule is COc1cc(C)c(C(C)NC(=O)CN(c2c(C)cc(C)cc2C)S(C)(=O)=O)cc1C(C)C. The van der Waals surface area contributed by atoms with Gasteiger partial charge in [-0.15, -0.1) is 0 Å². The van der Waals surface area contributed by atoms with Crippen LogP contribution in [0, 0.1) is 27.7 Å². The van der Waals surface area contributed by atoms with Crippen LogP contribution in [0.1, 0.15) is 66.1 Å². The average molecular weight is 461 g/mol. The zero-order chi connectivity index (χ0) is 24.4.